The van der Waals surface area contributed by atoms with E-state index in [-0.39, 0.29) is 23.3 Å². The van der Waals surface area contributed by atoms with Crippen molar-refractivity contribution in [1.82, 2.24) is 4.31 Å². The van der Waals surface area contributed by atoms with Crippen LogP contribution < -0.4 is 15.2 Å². The van der Waals surface area contributed by atoms with Crippen LogP contribution in [0.5, 0.6) is 11.5 Å². The lowest BCUT2D eigenvalue weighted by Gasteiger charge is -2.24. The SMILES string of the molecule is COc1cc(C)c(S(=O)(=O)N2CCCC2CN)cc1OC.Cl. The Morgan fingerprint density at radius 2 is 1.86 bits per heavy atom. The van der Waals surface area contributed by atoms with Gasteiger partial charge in [-0.2, -0.15) is 4.31 Å². The van der Waals surface area contributed by atoms with Gasteiger partial charge >= 0.3 is 0 Å². The summed E-state index contributed by atoms with van der Waals surface area (Å²) in [7, 11) is -0.558. The van der Waals surface area contributed by atoms with Gasteiger partial charge in [-0.25, -0.2) is 8.42 Å². The topological polar surface area (TPSA) is 81.9 Å². The Hall–Kier alpha value is -1.02. The molecule has 2 rings (SSSR count). The van der Waals surface area contributed by atoms with Gasteiger partial charge < -0.3 is 15.2 Å². The molecular weight excluding hydrogens is 328 g/mol. The molecule has 0 aromatic heterocycles. The van der Waals surface area contributed by atoms with Gasteiger partial charge in [0.25, 0.3) is 0 Å². The third-order valence-electron chi connectivity index (χ3n) is 3.86. The maximum absolute atomic E-state index is 12.9. The zero-order valence-electron chi connectivity index (χ0n) is 13.0. The van der Waals surface area contributed by atoms with Crippen LogP contribution in [0.25, 0.3) is 0 Å². The van der Waals surface area contributed by atoms with Crippen molar-refractivity contribution in [3.8, 4) is 11.5 Å². The van der Waals surface area contributed by atoms with Gasteiger partial charge in [0.05, 0.1) is 19.1 Å². The summed E-state index contributed by atoms with van der Waals surface area (Å²) in [5, 5.41) is 0. The molecule has 1 atom stereocenters. The molecule has 6 nitrogen and oxygen atoms in total. The van der Waals surface area contributed by atoms with E-state index >= 15 is 0 Å². The highest BCUT2D eigenvalue weighted by Gasteiger charge is 2.35. The van der Waals surface area contributed by atoms with E-state index in [1.54, 1.807) is 13.0 Å². The molecule has 0 radical (unpaired) electrons. The third kappa shape index (κ3) is 3.32. The van der Waals surface area contributed by atoms with Crippen LogP contribution in [0.1, 0.15) is 18.4 Å². The average molecular weight is 351 g/mol. The normalized spacial score (nSPS) is 18.8. The Morgan fingerprint density at radius 1 is 1.27 bits per heavy atom. The van der Waals surface area contributed by atoms with E-state index in [0.717, 1.165) is 12.8 Å². The molecule has 22 heavy (non-hydrogen) atoms. The number of hydrogen-bond donors (Lipinski definition) is 1. The molecule has 8 heteroatoms. The third-order valence-corrected chi connectivity index (χ3v) is 5.96. The van der Waals surface area contributed by atoms with Gasteiger partial charge in [0.2, 0.25) is 10.0 Å². The van der Waals surface area contributed by atoms with Crippen molar-refractivity contribution in [2.24, 2.45) is 5.73 Å². The summed E-state index contributed by atoms with van der Waals surface area (Å²) in [4.78, 5) is 0.250. The van der Waals surface area contributed by atoms with Crippen LogP contribution in [-0.4, -0.2) is 46.1 Å². The lowest BCUT2D eigenvalue weighted by Crippen LogP contribution is -2.40. The molecule has 1 aromatic rings. The van der Waals surface area contributed by atoms with Gasteiger partial charge in [-0.15, -0.1) is 12.4 Å². The van der Waals surface area contributed by atoms with E-state index in [2.05, 4.69) is 0 Å². The van der Waals surface area contributed by atoms with Crippen molar-refractivity contribution in [1.29, 1.82) is 0 Å². The molecule has 2 N–H and O–H groups in total. The Morgan fingerprint density at radius 3 is 2.41 bits per heavy atom. The summed E-state index contributed by atoms with van der Waals surface area (Å²) in [6.45, 7) is 2.60. The fourth-order valence-electron chi connectivity index (χ4n) is 2.73. The van der Waals surface area contributed by atoms with Crippen molar-refractivity contribution in [2.45, 2.75) is 30.7 Å². The lowest BCUT2D eigenvalue weighted by molar-refractivity contribution is 0.352. The molecule has 1 saturated heterocycles. The number of hydrogen-bond acceptors (Lipinski definition) is 5. The van der Waals surface area contributed by atoms with Crippen LogP contribution in [-0.2, 0) is 10.0 Å². The largest absolute Gasteiger partial charge is 0.493 e. The Labute approximate surface area is 138 Å². The second-order valence-electron chi connectivity index (χ2n) is 5.12. The van der Waals surface area contributed by atoms with Crippen molar-refractivity contribution in [3.63, 3.8) is 0 Å². The number of nitrogens with two attached hydrogens (primary N) is 1. The highest BCUT2D eigenvalue weighted by Crippen LogP contribution is 2.35. The molecule has 1 unspecified atom stereocenters. The van der Waals surface area contributed by atoms with Crippen LogP contribution in [0.15, 0.2) is 17.0 Å². The standard InChI is InChI=1S/C14H22N2O4S.ClH/c1-10-7-12(19-2)13(20-3)8-14(10)21(17,18)16-6-4-5-11(16)9-15;/h7-8,11H,4-6,9,15H2,1-3H3;1H. The zero-order valence-corrected chi connectivity index (χ0v) is 14.7. The van der Waals surface area contributed by atoms with Crippen molar-refractivity contribution in [3.05, 3.63) is 17.7 Å². The number of benzene rings is 1. The fourth-order valence-corrected chi connectivity index (χ4v) is 4.66. The minimum absolute atomic E-state index is 0. The summed E-state index contributed by atoms with van der Waals surface area (Å²) in [5.74, 6) is 0.927. The number of ether oxygens (including phenoxy) is 2. The van der Waals surface area contributed by atoms with Gasteiger partial charge in [-0.1, -0.05) is 0 Å². The molecule has 1 aliphatic heterocycles. The van der Waals surface area contributed by atoms with Crippen molar-refractivity contribution < 1.29 is 17.9 Å². The molecule has 0 amide bonds. The number of halogens is 1. The Balaban J connectivity index is 0.00000242. The van der Waals surface area contributed by atoms with Gasteiger partial charge in [-0.05, 0) is 31.4 Å². The molecule has 1 heterocycles. The molecule has 0 spiro atoms. The summed E-state index contributed by atoms with van der Waals surface area (Å²) in [5.41, 5.74) is 6.32. The molecule has 0 saturated carbocycles. The average Bonchev–Trinajstić information content (AvgIpc) is 2.95. The molecular formula is C14H23ClN2O4S. The highest BCUT2D eigenvalue weighted by atomic mass is 35.5. The first kappa shape index (κ1) is 19.0. The first-order valence-corrected chi connectivity index (χ1v) is 8.34. The molecule has 0 aliphatic carbocycles. The molecule has 126 valence electrons. The molecule has 0 bridgehead atoms. The van der Waals surface area contributed by atoms with E-state index in [1.165, 1.54) is 24.6 Å². The van der Waals surface area contributed by atoms with E-state index in [9.17, 15) is 8.42 Å². The predicted molar refractivity (Wildman–Crippen MR) is 87.5 cm³/mol. The van der Waals surface area contributed by atoms with Crippen LogP contribution in [0.2, 0.25) is 0 Å². The number of sulfonamides is 1. The van der Waals surface area contributed by atoms with Gasteiger partial charge in [-0.3, -0.25) is 0 Å². The maximum Gasteiger partial charge on any atom is 0.243 e. The quantitative estimate of drug-likeness (QED) is 0.871. The molecule has 1 aromatic carbocycles. The number of nitrogens with zero attached hydrogens (tertiary/aromatic N) is 1. The minimum atomic E-state index is -3.57. The number of rotatable bonds is 5. The van der Waals surface area contributed by atoms with Gasteiger partial charge in [0, 0.05) is 25.2 Å². The summed E-state index contributed by atoms with van der Waals surface area (Å²) in [6.07, 6.45) is 1.65. The van der Waals surface area contributed by atoms with Crippen LogP contribution >= 0.6 is 12.4 Å². The second kappa shape index (κ2) is 7.50. The first-order valence-electron chi connectivity index (χ1n) is 6.90. The second-order valence-corrected chi connectivity index (χ2v) is 6.98. The van der Waals surface area contributed by atoms with E-state index in [1.807, 2.05) is 0 Å². The number of methoxy groups -OCH3 is 2. The monoisotopic (exact) mass is 350 g/mol. The predicted octanol–water partition coefficient (Wildman–Crippen LogP) is 1.55. The van der Waals surface area contributed by atoms with Gasteiger partial charge in [0.1, 0.15) is 0 Å². The van der Waals surface area contributed by atoms with E-state index in [4.69, 9.17) is 15.2 Å². The van der Waals surface area contributed by atoms with Crippen molar-refractivity contribution in [2.75, 3.05) is 27.3 Å². The Bertz CT molecular complexity index is 622. The first-order chi connectivity index (χ1) is 9.95. The highest BCUT2D eigenvalue weighted by molar-refractivity contribution is 7.89. The molecule has 1 fully saturated rings. The summed E-state index contributed by atoms with van der Waals surface area (Å²) < 4.78 is 37.6. The van der Waals surface area contributed by atoms with Crippen LogP contribution in [0.3, 0.4) is 0 Å². The lowest BCUT2D eigenvalue weighted by atomic mass is 10.2. The molecule has 1 aliphatic rings. The van der Waals surface area contributed by atoms with E-state index < -0.39 is 10.0 Å². The number of aryl methyl sites for hydroxylation is 1. The van der Waals surface area contributed by atoms with Crippen LogP contribution in [0, 0.1) is 6.92 Å². The fraction of sp³-hybridized carbons (Fsp3) is 0.571. The van der Waals surface area contributed by atoms with E-state index in [0.29, 0.717) is 30.2 Å². The summed E-state index contributed by atoms with van der Waals surface area (Å²) in [6, 6.07) is 3.08. The van der Waals surface area contributed by atoms with Crippen LogP contribution in [0.4, 0.5) is 0 Å². The van der Waals surface area contributed by atoms with Gasteiger partial charge in [0.15, 0.2) is 11.5 Å². The summed E-state index contributed by atoms with van der Waals surface area (Å²) >= 11 is 0. The zero-order chi connectivity index (χ0) is 15.6. The minimum Gasteiger partial charge on any atom is -0.493 e. The Kier molecular flexibility index (Phi) is 6.49. The smallest absolute Gasteiger partial charge is 0.243 e. The van der Waals surface area contributed by atoms with Crippen molar-refractivity contribution >= 4 is 22.4 Å². The maximum atomic E-state index is 12.9.